The molecule has 68 valence electrons. The van der Waals surface area contributed by atoms with E-state index in [1.807, 2.05) is 6.07 Å². The first-order chi connectivity index (χ1) is 5.70. The topological polar surface area (TPSA) is 62.5 Å². The van der Waals surface area contributed by atoms with E-state index in [1.165, 1.54) is 0 Å². The van der Waals surface area contributed by atoms with Crippen LogP contribution in [-0.2, 0) is 9.47 Å². The van der Waals surface area contributed by atoms with E-state index in [9.17, 15) is 0 Å². The molecule has 1 fully saturated rings. The van der Waals surface area contributed by atoms with E-state index >= 15 is 0 Å². The molecule has 0 aromatic heterocycles. The maximum atomic E-state index is 8.68. The summed E-state index contributed by atoms with van der Waals surface area (Å²) in [5.74, 6) is -0.684. The van der Waals surface area contributed by atoms with Crippen LogP contribution < -0.4 is 0 Å². The second kappa shape index (κ2) is 3.85. The molecule has 1 heterocycles. The monoisotopic (exact) mass is 171 g/mol. The molecular formula is C8H13NO3. The minimum Gasteiger partial charge on any atom is -0.396 e. The second-order valence-electron chi connectivity index (χ2n) is 3.02. The van der Waals surface area contributed by atoms with E-state index in [1.54, 1.807) is 6.92 Å². The van der Waals surface area contributed by atoms with Gasteiger partial charge in [0.1, 0.15) is 0 Å². The molecule has 0 bridgehead atoms. The van der Waals surface area contributed by atoms with E-state index in [0.29, 0.717) is 19.4 Å². The molecule has 0 amide bonds. The molecule has 1 aliphatic rings. The highest BCUT2D eigenvalue weighted by Gasteiger charge is 2.36. The summed E-state index contributed by atoms with van der Waals surface area (Å²) in [6.07, 6.45) is 0.669. The van der Waals surface area contributed by atoms with Crippen molar-refractivity contribution in [2.75, 3.05) is 13.2 Å². The maximum Gasteiger partial charge on any atom is 0.168 e. The van der Waals surface area contributed by atoms with Gasteiger partial charge in [0.2, 0.25) is 0 Å². The van der Waals surface area contributed by atoms with E-state index in [0.717, 1.165) is 0 Å². The molecule has 1 aliphatic heterocycles. The molecular weight excluding hydrogens is 158 g/mol. The Labute approximate surface area is 71.7 Å². The quantitative estimate of drug-likeness (QED) is 0.668. The van der Waals surface area contributed by atoms with Gasteiger partial charge in [0.05, 0.1) is 25.2 Å². The van der Waals surface area contributed by atoms with Gasteiger partial charge in [-0.1, -0.05) is 0 Å². The summed E-state index contributed by atoms with van der Waals surface area (Å²) < 4.78 is 10.7. The standard InChI is InChI=1S/C8H13NO3/c1-8(3-5-10)11-6-7(12-8)2-4-9/h7,10H,2-3,5-6H2,1H3. The zero-order chi connectivity index (χ0) is 9.03. The lowest BCUT2D eigenvalue weighted by Gasteiger charge is -2.21. The van der Waals surface area contributed by atoms with Crippen LogP contribution in [0.5, 0.6) is 0 Å². The van der Waals surface area contributed by atoms with Crippen LogP contribution in [0, 0.1) is 11.3 Å². The Kier molecular flexibility index (Phi) is 3.04. The summed E-state index contributed by atoms with van der Waals surface area (Å²) >= 11 is 0. The van der Waals surface area contributed by atoms with Gasteiger partial charge >= 0.3 is 0 Å². The van der Waals surface area contributed by atoms with Gasteiger partial charge in [-0.05, 0) is 6.92 Å². The third-order valence-electron chi connectivity index (χ3n) is 1.88. The fourth-order valence-electron chi connectivity index (χ4n) is 1.23. The van der Waals surface area contributed by atoms with Crippen LogP contribution >= 0.6 is 0 Å². The average molecular weight is 171 g/mol. The predicted molar refractivity (Wildman–Crippen MR) is 41.2 cm³/mol. The molecule has 2 unspecified atom stereocenters. The minimum atomic E-state index is -0.684. The van der Waals surface area contributed by atoms with E-state index in [2.05, 4.69) is 0 Å². The van der Waals surface area contributed by atoms with Crippen molar-refractivity contribution < 1.29 is 14.6 Å². The Bertz CT molecular complexity index is 189. The van der Waals surface area contributed by atoms with Crippen molar-refractivity contribution in [1.82, 2.24) is 0 Å². The lowest BCUT2D eigenvalue weighted by atomic mass is 10.2. The van der Waals surface area contributed by atoms with Crippen molar-refractivity contribution in [3.05, 3.63) is 0 Å². The van der Waals surface area contributed by atoms with Crippen molar-refractivity contribution in [3.8, 4) is 6.07 Å². The molecule has 0 aromatic carbocycles. The predicted octanol–water partition coefficient (Wildman–Crippen LogP) is 0.414. The van der Waals surface area contributed by atoms with Gasteiger partial charge in [0, 0.05) is 13.0 Å². The molecule has 4 nitrogen and oxygen atoms in total. The zero-order valence-corrected chi connectivity index (χ0v) is 7.12. The lowest BCUT2D eigenvalue weighted by Crippen LogP contribution is -2.27. The first-order valence-electron chi connectivity index (χ1n) is 4.00. The number of nitrogens with zero attached hydrogens (tertiary/aromatic N) is 1. The van der Waals surface area contributed by atoms with Gasteiger partial charge in [-0.3, -0.25) is 0 Å². The highest BCUT2D eigenvalue weighted by atomic mass is 16.7. The first-order valence-corrected chi connectivity index (χ1v) is 4.00. The maximum absolute atomic E-state index is 8.68. The molecule has 0 aromatic rings. The molecule has 1 N–H and O–H groups in total. The van der Waals surface area contributed by atoms with Crippen molar-refractivity contribution in [3.63, 3.8) is 0 Å². The van der Waals surface area contributed by atoms with Gasteiger partial charge in [0.15, 0.2) is 5.79 Å². The summed E-state index contributed by atoms with van der Waals surface area (Å²) in [6.45, 7) is 2.26. The summed E-state index contributed by atoms with van der Waals surface area (Å²) in [4.78, 5) is 0. The fraction of sp³-hybridized carbons (Fsp3) is 0.875. The van der Waals surface area contributed by atoms with Gasteiger partial charge in [-0.15, -0.1) is 0 Å². The Morgan fingerprint density at radius 1 is 1.75 bits per heavy atom. The smallest absolute Gasteiger partial charge is 0.168 e. The molecule has 0 radical (unpaired) electrons. The highest BCUT2D eigenvalue weighted by molar-refractivity contribution is 4.82. The summed E-state index contributed by atoms with van der Waals surface area (Å²) in [5.41, 5.74) is 0. The van der Waals surface area contributed by atoms with Crippen LogP contribution in [0.25, 0.3) is 0 Å². The van der Waals surface area contributed by atoms with Crippen LogP contribution in [0.4, 0.5) is 0 Å². The Hall–Kier alpha value is -0.630. The third kappa shape index (κ3) is 2.18. The van der Waals surface area contributed by atoms with Gasteiger partial charge in [0.25, 0.3) is 0 Å². The molecule has 0 spiro atoms. The number of aliphatic hydroxyl groups excluding tert-OH is 1. The molecule has 4 heteroatoms. The minimum absolute atomic E-state index is 0.0375. The fourth-order valence-corrected chi connectivity index (χ4v) is 1.23. The van der Waals surface area contributed by atoms with Gasteiger partial charge in [-0.25, -0.2) is 0 Å². The molecule has 0 saturated carbocycles. The zero-order valence-electron chi connectivity index (χ0n) is 7.12. The molecule has 12 heavy (non-hydrogen) atoms. The van der Waals surface area contributed by atoms with E-state index in [4.69, 9.17) is 19.8 Å². The SMILES string of the molecule is CC1(CCO)OCC(CC#N)O1. The van der Waals surface area contributed by atoms with Crippen LogP contribution in [0.2, 0.25) is 0 Å². The highest BCUT2D eigenvalue weighted by Crippen LogP contribution is 2.27. The van der Waals surface area contributed by atoms with Crippen LogP contribution in [0.1, 0.15) is 19.8 Å². The average Bonchev–Trinajstić information content (AvgIpc) is 2.34. The largest absolute Gasteiger partial charge is 0.396 e. The number of aliphatic hydroxyl groups is 1. The van der Waals surface area contributed by atoms with Crippen LogP contribution in [-0.4, -0.2) is 30.2 Å². The lowest BCUT2D eigenvalue weighted by molar-refractivity contribution is -0.162. The second-order valence-corrected chi connectivity index (χ2v) is 3.02. The van der Waals surface area contributed by atoms with Crippen molar-refractivity contribution >= 4 is 0 Å². The third-order valence-corrected chi connectivity index (χ3v) is 1.88. The molecule has 0 aliphatic carbocycles. The Morgan fingerprint density at radius 3 is 3.08 bits per heavy atom. The molecule has 2 atom stereocenters. The van der Waals surface area contributed by atoms with E-state index < -0.39 is 5.79 Å². The summed E-state index contributed by atoms with van der Waals surface area (Å²) in [6, 6.07) is 2.02. The number of hydrogen-bond acceptors (Lipinski definition) is 4. The van der Waals surface area contributed by atoms with Gasteiger partial charge < -0.3 is 14.6 Å². The Balaban J connectivity index is 2.38. The Morgan fingerprint density at radius 2 is 2.50 bits per heavy atom. The van der Waals surface area contributed by atoms with E-state index in [-0.39, 0.29) is 12.7 Å². The first kappa shape index (κ1) is 9.46. The van der Waals surface area contributed by atoms with Gasteiger partial charge in [-0.2, -0.15) is 5.26 Å². The number of ether oxygens (including phenoxy) is 2. The molecule has 1 rings (SSSR count). The van der Waals surface area contributed by atoms with Crippen molar-refractivity contribution in [2.45, 2.75) is 31.7 Å². The normalized spacial score (nSPS) is 34.9. The number of hydrogen-bond donors (Lipinski definition) is 1. The summed E-state index contributed by atoms with van der Waals surface area (Å²) in [7, 11) is 0. The number of rotatable bonds is 3. The van der Waals surface area contributed by atoms with Crippen LogP contribution in [0.15, 0.2) is 0 Å². The van der Waals surface area contributed by atoms with Crippen molar-refractivity contribution in [2.24, 2.45) is 0 Å². The summed E-state index contributed by atoms with van der Waals surface area (Å²) in [5, 5.41) is 17.1. The molecule has 1 saturated heterocycles. The van der Waals surface area contributed by atoms with Crippen LogP contribution in [0.3, 0.4) is 0 Å². The van der Waals surface area contributed by atoms with Crippen molar-refractivity contribution in [1.29, 1.82) is 5.26 Å². The number of nitriles is 1.